The van der Waals surface area contributed by atoms with Crippen molar-refractivity contribution in [3.8, 4) is 5.75 Å². The molecular weight excluding hydrogens is 306 g/mol. The summed E-state index contributed by atoms with van der Waals surface area (Å²) in [6.07, 6.45) is 3.77. The van der Waals surface area contributed by atoms with Crippen LogP contribution in [0.2, 0.25) is 0 Å². The van der Waals surface area contributed by atoms with Crippen LogP contribution in [-0.2, 0) is 0 Å². The van der Waals surface area contributed by atoms with E-state index in [1.54, 1.807) is 13.3 Å². The molecule has 0 amide bonds. The molecule has 0 fully saturated rings. The third-order valence-corrected chi connectivity index (χ3v) is 3.15. The number of rotatable bonds is 5. The van der Waals surface area contributed by atoms with E-state index in [9.17, 15) is 0 Å². The van der Waals surface area contributed by atoms with E-state index < -0.39 is 0 Å². The number of thiocarbonyl (C=S) groups is 1. The zero-order valence-corrected chi connectivity index (χ0v) is 13.9. The standard InChI is InChI=1S/C18H19N3OS/c1-14(11-15-7-4-3-5-8-15)13-19-21-18(23)20-16-9-6-10-17(12-16)22-2/h3-13H,1-2H3,(H2,20,21,23). The molecule has 0 unspecified atom stereocenters. The predicted octanol–water partition coefficient (Wildman–Crippen LogP) is 4.07. The number of hydrogen-bond acceptors (Lipinski definition) is 3. The molecule has 0 saturated heterocycles. The maximum Gasteiger partial charge on any atom is 0.191 e. The van der Waals surface area contributed by atoms with Gasteiger partial charge in [0.1, 0.15) is 5.75 Å². The highest BCUT2D eigenvalue weighted by Gasteiger charge is 1.98. The van der Waals surface area contributed by atoms with Gasteiger partial charge in [-0.1, -0.05) is 42.5 Å². The lowest BCUT2D eigenvalue weighted by Crippen LogP contribution is -2.23. The number of allylic oxidation sites excluding steroid dienone is 1. The number of ether oxygens (including phenoxy) is 1. The Morgan fingerprint density at radius 3 is 2.65 bits per heavy atom. The van der Waals surface area contributed by atoms with Crippen molar-refractivity contribution < 1.29 is 4.74 Å². The molecule has 0 radical (unpaired) electrons. The van der Waals surface area contributed by atoms with Crippen molar-refractivity contribution in [3.05, 3.63) is 65.7 Å². The average Bonchev–Trinajstić information content (AvgIpc) is 2.56. The molecule has 2 aromatic rings. The Labute approximate surface area is 141 Å². The highest BCUT2D eigenvalue weighted by molar-refractivity contribution is 7.80. The van der Waals surface area contributed by atoms with E-state index in [1.807, 2.05) is 67.6 Å². The Hall–Kier alpha value is -2.66. The minimum Gasteiger partial charge on any atom is -0.497 e. The molecule has 4 nitrogen and oxygen atoms in total. The molecule has 0 aliphatic rings. The van der Waals surface area contributed by atoms with Crippen molar-refractivity contribution in [1.82, 2.24) is 5.43 Å². The van der Waals surface area contributed by atoms with Crippen LogP contribution in [0.4, 0.5) is 5.69 Å². The Morgan fingerprint density at radius 2 is 1.91 bits per heavy atom. The first-order chi connectivity index (χ1) is 11.2. The molecule has 0 aliphatic heterocycles. The summed E-state index contributed by atoms with van der Waals surface area (Å²) in [5.74, 6) is 0.767. The van der Waals surface area contributed by atoms with Crippen LogP contribution in [0, 0.1) is 0 Å². The normalized spacial score (nSPS) is 11.3. The summed E-state index contributed by atoms with van der Waals surface area (Å²) >= 11 is 5.20. The Kier molecular flexibility index (Phi) is 6.32. The van der Waals surface area contributed by atoms with E-state index in [0.29, 0.717) is 5.11 Å². The molecule has 5 heteroatoms. The summed E-state index contributed by atoms with van der Waals surface area (Å²) in [5, 5.41) is 7.59. The van der Waals surface area contributed by atoms with Crippen LogP contribution in [0.25, 0.3) is 6.08 Å². The molecule has 0 saturated carbocycles. The van der Waals surface area contributed by atoms with Gasteiger partial charge in [0, 0.05) is 11.8 Å². The number of anilines is 1. The lowest BCUT2D eigenvalue weighted by atomic mass is 10.1. The van der Waals surface area contributed by atoms with Crippen LogP contribution in [0.3, 0.4) is 0 Å². The maximum absolute atomic E-state index is 5.20. The Balaban J connectivity index is 1.87. The van der Waals surface area contributed by atoms with Gasteiger partial charge in [0.2, 0.25) is 0 Å². The highest BCUT2D eigenvalue weighted by atomic mass is 32.1. The fraction of sp³-hybridized carbons (Fsp3) is 0.111. The molecular formula is C18H19N3OS. The summed E-state index contributed by atoms with van der Waals surface area (Å²) < 4.78 is 5.16. The number of nitrogens with zero attached hydrogens (tertiary/aromatic N) is 1. The molecule has 0 aliphatic carbocycles. The van der Waals surface area contributed by atoms with Gasteiger partial charge in [-0.3, -0.25) is 5.43 Å². The highest BCUT2D eigenvalue weighted by Crippen LogP contribution is 2.16. The zero-order valence-electron chi connectivity index (χ0n) is 13.1. The van der Waals surface area contributed by atoms with Gasteiger partial charge in [0.05, 0.1) is 13.3 Å². The van der Waals surface area contributed by atoms with Gasteiger partial charge < -0.3 is 10.1 Å². The van der Waals surface area contributed by atoms with E-state index in [4.69, 9.17) is 17.0 Å². The molecule has 0 heterocycles. The number of hydrazone groups is 1. The zero-order chi connectivity index (χ0) is 16.5. The number of benzene rings is 2. The smallest absolute Gasteiger partial charge is 0.191 e. The van der Waals surface area contributed by atoms with Gasteiger partial charge in [0.15, 0.2) is 5.11 Å². The minimum atomic E-state index is 0.419. The van der Waals surface area contributed by atoms with Crippen LogP contribution in [0.1, 0.15) is 12.5 Å². The van der Waals surface area contributed by atoms with Crippen molar-refractivity contribution in [2.24, 2.45) is 5.10 Å². The largest absolute Gasteiger partial charge is 0.497 e. The van der Waals surface area contributed by atoms with Gasteiger partial charge in [-0.25, -0.2) is 0 Å². The lowest BCUT2D eigenvalue weighted by Gasteiger charge is -2.08. The molecule has 23 heavy (non-hydrogen) atoms. The van der Waals surface area contributed by atoms with Crippen LogP contribution >= 0.6 is 12.2 Å². The summed E-state index contributed by atoms with van der Waals surface area (Å²) in [5.41, 5.74) is 5.79. The second-order valence-corrected chi connectivity index (χ2v) is 5.26. The minimum absolute atomic E-state index is 0.419. The number of methoxy groups -OCH3 is 1. The van der Waals surface area contributed by atoms with E-state index in [-0.39, 0.29) is 0 Å². The van der Waals surface area contributed by atoms with Crippen molar-refractivity contribution in [1.29, 1.82) is 0 Å². The molecule has 118 valence electrons. The Bertz CT molecular complexity index is 711. The van der Waals surface area contributed by atoms with Crippen molar-refractivity contribution >= 4 is 35.3 Å². The van der Waals surface area contributed by atoms with Crippen molar-refractivity contribution in [2.45, 2.75) is 6.92 Å². The first-order valence-electron chi connectivity index (χ1n) is 7.15. The van der Waals surface area contributed by atoms with Crippen LogP contribution in [0.5, 0.6) is 5.75 Å². The monoisotopic (exact) mass is 325 g/mol. The molecule has 0 atom stereocenters. The number of hydrogen-bond donors (Lipinski definition) is 2. The average molecular weight is 325 g/mol. The molecule has 2 aromatic carbocycles. The van der Waals surface area contributed by atoms with Crippen LogP contribution in [0.15, 0.2) is 65.3 Å². The Morgan fingerprint density at radius 1 is 1.13 bits per heavy atom. The third kappa shape index (κ3) is 5.92. The van der Waals surface area contributed by atoms with E-state index in [0.717, 1.165) is 22.6 Å². The second-order valence-electron chi connectivity index (χ2n) is 4.86. The van der Waals surface area contributed by atoms with Gasteiger partial charge in [-0.15, -0.1) is 0 Å². The quantitative estimate of drug-likeness (QED) is 0.494. The van der Waals surface area contributed by atoms with Crippen molar-refractivity contribution in [2.75, 3.05) is 12.4 Å². The summed E-state index contributed by atoms with van der Waals surface area (Å²) in [4.78, 5) is 0. The second kappa shape index (κ2) is 8.70. The SMILES string of the molecule is COc1cccc(NC(=S)NN=CC(C)=Cc2ccccc2)c1. The molecule has 0 bridgehead atoms. The lowest BCUT2D eigenvalue weighted by molar-refractivity contribution is 0.415. The van der Waals surface area contributed by atoms with Crippen molar-refractivity contribution in [3.63, 3.8) is 0 Å². The maximum atomic E-state index is 5.20. The van der Waals surface area contributed by atoms with Gasteiger partial charge in [-0.2, -0.15) is 5.10 Å². The van der Waals surface area contributed by atoms with Gasteiger partial charge >= 0.3 is 0 Å². The summed E-state index contributed by atoms with van der Waals surface area (Å²) in [6, 6.07) is 17.6. The molecule has 0 aromatic heterocycles. The van der Waals surface area contributed by atoms with E-state index >= 15 is 0 Å². The van der Waals surface area contributed by atoms with Gasteiger partial charge in [-0.05, 0) is 42.4 Å². The van der Waals surface area contributed by atoms with Crippen LogP contribution in [-0.4, -0.2) is 18.4 Å². The fourth-order valence-corrected chi connectivity index (χ4v) is 2.07. The topological polar surface area (TPSA) is 45.6 Å². The third-order valence-electron chi connectivity index (χ3n) is 2.96. The first-order valence-corrected chi connectivity index (χ1v) is 7.55. The molecule has 0 spiro atoms. The predicted molar refractivity (Wildman–Crippen MR) is 101 cm³/mol. The summed E-state index contributed by atoms with van der Waals surface area (Å²) in [7, 11) is 1.63. The van der Waals surface area contributed by atoms with E-state index in [2.05, 4.69) is 15.8 Å². The number of nitrogens with one attached hydrogen (secondary N) is 2. The van der Waals surface area contributed by atoms with Gasteiger partial charge in [0.25, 0.3) is 0 Å². The fourth-order valence-electron chi connectivity index (χ4n) is 1.90. The molecule has 2 N–H and O–H groups in total. The summed E-state index contributed by atoms with van der Waals surface area (Å²) in [6.45, 7) is 1.98. The van der Waals surface area contributed by atoms with E-state index in [1.165, 1.54) is 0 Å². The first kappa shape index (κ1) is 16.7. The van der Waals surface area contributed by atoms with Crippen LogP contribution < -0.4 is 15.5 Å². The molecule has 2 rings (SSSR count).